The van der Waals surface area contributed by atoms with E-state index in [1.165, 1.54) is 19.3 Å². The Morgan fingerprint density at radius 1 is 0.923 bits per heavy atom. The predicted octanol–water partition coefficient (Wildman–Crippen LogP) is 4.34. The summed E-state index contributed by atoms with van der Waals surface area (Å²) in [5.41, 5.74) is 3.59. The summed E-state index contributed by atoms with van der Waals surface area (Å²) in [6.45, 7) is 2.02. The third kappa shape index (κ3) is 3.38. The lowest BCUT2D eigenvalue weighted by Gasteiger charge is -2.21. The molecule has 0 spiro atoms. The Hall–Kier alpha value is -2.94. The van der Waals surface area contributed by atoms with Crippen LogP contribution in [0, 0.1) is 0 Å². The largest absolute Gasteiger partial charge is 0.456 e. The molecule has 2 aliphatic rings. The maximum Gasteiger partial charge on any atom is 0.174 e. The van der Waals surface area contributed by atoms with E-state index in [0.717, 1.165) is 47.6 Å². The minimum absolute atomic E-state index is 0.705. The summed E-state index contributed by atoms with van der Waals surface area (Å²) in [5, 5.41) is 0. The quantitative estimate of drug-likeness (QED) is 0.471. The summed E-state index contributed by atoms with van der Waals surface area (Å²) < 4.78 is 8.37. The molecule has 26 heavy (non-hydrogen) atoms. The molecule has 0 atom stereocenters. The average molecular weight is 344 g/mol. The van der Waals surface area contributed by atoms with E-state index in [2.05, 4.69) is 4.58 Å². The predicted molar refractivity (Wildman–Crippen MR) is 104 cm³/mol. The van der Waals surface area contributed by atoms with Crippen molar-refractivity contribution in [3.8, 4) is 5.75 Å². The average Bonchev–Trinajstić information content (AvgIpc) is 2.72. The Balaban J connectivity index is 1.85. The molecule has 1 fully saturated rings. The minimum Gasteiger partial charge on any atom is -0.456 e. The number of para-hydroxylation sites is 1. The zero-order valence-electron chi connectivity index (χ0n) is 14.7. The molecule has 0 saturated carbocycles. The van der Waals surface area contributed by atoms with Crippen molar-refractivity contribution >= 4 is 23.8 Å². The highest BCUT2D eigenvalue weighted by atomic mass is 16.5. The van der Waals surface area contributed by atoms with Gasteiger partial charge in [-0.05, 0) is 18.6 Å². The van der Waals surface area contributed by atoms with Crippen LogP contribution in [0.15, 0.2) is 66.2 Å². The van der Waals surface area contributed by atoms with Gasteiger partial charge in [-0.3, -0.25) is 4.79 Å². The van der Waals surface area contributed by atoms with Crippen molar-refractivity contribution in [3.05, 3.63) is 77.4 Å². The van der Waals surface area contributed by atoms with Crippen LogP contribution in [0.5, 0.6) is 5.75 Å². The molecule has 130 valence electrons. The molecule has 2 aromatic carbocycles. The SMILES string of the molecule is O=C/C(C=[N+]1CCCCC1)=C1\C=C(c2ccccc2)Oc2ccccc21. The van der Waals surface area contributed by atoms with Crippen molar-refractivity contribution in [2.24, 2.45) is 0 Å². The first-order valence-corrected chi connectivity index (χ1v) is 9.18. The third-order valence-corrected chi connectivity index (χ3v) is 4.88. The number of hydrogen-bond acceptors (Lipinski definition) is 2. The normalized spacial score (nSPS) is 18.3. The van der Waals surface area contributed by atoms with Gasteiger partial charge in [-0.25, -0.2) is 4.58 Å². The van der Waals surface area contributed by atoms with Crippen LogP contribution >= 0.6 is 0 Å². The summed E-state index contributed by atoms with van der Waals surface area (Å²) in [7, 11) is 0. The molecule has 1 saturated heterocycles. The molecule has 0 radical (unpaired) electrons. The van der Waals surface area contributed by atoms with Gasteiger partial charge in [-0.15, -0.1) is 0 Å². The lowest BCUT2D eigenvalue weighted by molar-refractivity contribution is -0.532. The van der Waals surface area contributed by atoms with Crippen molar-refractivity contribution in [2.75, 3.05) is 13.1 Å². The van der Waals surface area contributed by atoms with E-state index in [9.17, 15) is 4.79 Å². The highest BCUT2D eigenvalue weighted by molar-refractivity contribution is 6.12. The van der Waals surface area contributed by atoms with E-state index in [0.29, 0.717) is 5.57 Å². The molecule has 0 N–H and O–H groups in total. The van der Waals surface area contributed by atoms with Crippen LogP contribution in [0.3, 0.4) is 0 Å². The van der Waals surface area contributed by atoms with E-state index in [4.69, 9.17) is 4.74 Å². The molecule has 2 aliphatic heterocycles. The molecule has 0 aromatic heterocycles. The van der Waals surface area contributed by atoms with Crippen molar-refractivity contribution in [1.82, 2.24) is 0 Å². The fraction of sp³-hybridized carbons (Fsp3) is 0.217. The first kappa shape index (κ1) is 16.5. The first-order valence-electron chi connectivity index (χ1n) is 9.18. The summed E-state index contributed by atoms with van der Waals surface area (Å²) in [6.07, 6.45) is 8.60. The second-order valence-corrected chi connectivity index (χ2v) is 6.69. The van der Waals surface area contributed by atoms with Gasteiger partial charge in [-0.2, -0.15) is 0 Å². The number of nitrogens with zero attached hydrogens (tertiary/aromatic N) is 1. The van der Waals surface area contributed by atoms with E-state index >= 15 is 0 Å². The highest BCUT2D eigenvalue weighted by Crippen LogP contribution is 2.37. The maximum absolute atomic E-state index is 11.9. The summed E-state index contributed by atoms with van der Waals surface area (Å²) in [5.74, 6) is 1.56. The summed E-state index contributed by atoms with van der Waals surface area (Å²) in [4.78, 5) is 11.9. The number of aldehydes is 1. The van der Waals surface area contributed by atoms with Crippen LogP contribution in [0.1, 0.15) is 30.4 Å². The molecule has 0 amide bonds. The molecule has 3 nitrogen and oxygen atoms in total. The van der Waals surface area contributed by atoms with Gasteiger partial charge in [-0.1, -0.05) is 48.5 Å². The fourth-order valence-corrected chi connectivity index (χ4v) is 3.53. The molecule has 2 aromatic rings. The first-order chi connectivity index (χ1) is 12.8. The van der Waals surface area contributed by atoms with E-state index in [-0.39, 0.29) is 0 Å². The number of allylic oxidation sites excluding steroid dienone is 3. The van der Waals surface area contributed by atoms with Crippen molar-refractivity contribution in [1.29, 1.82) is 0 Å². The number of benzene rings is 2. The molecule has 0 aliphatic carbocycles. The van der Waals surface area contributed by atoms with Gasteiger partial charge in [0.1, 0.15) is 24.6 Å². The van der Waals surface area contributed by atoms with Crippen molar-refractivity contribution in [2.45, 2.75) is 19.3 Å². The van der Waals surface area contributed by atoms with Gasteiger partial charge in [0.2, 0.25) is 0 Å². The Kier molecular flexibility index (Phi) is 4.78. The van der Waals surface area contributed by atoms with Crippen LogP contribution in [-0.2, 0) is 4.79 Å². The van der Waals surface area contributed by atoms with Crippen LogP contribution in [0.2, 0.25) is 0 Å². The number of hydrogen-bond donors (Lipinski definition) is 0. The lowest BCUT2D eigenvalue weighted by Crippen LogP contribution is -2.22. The molecular weight excluding hydrogens is 322 g/mol. The monoisotopic (exact) mass is 344 g/mol. The van der Waals surface area contributed by atoms with Gasteiger partial charge in [0.25, 0.3) is 0 Å². The van der Waals surface area contributed by atoms with Crippen LogP contribution in [-0.4, -0.2) is 30.2 Å². The molecular formula is C23H22NO2+. The van der Waals surface area contributed by atoms with Gasteiger partial charge in [0, 0.05) is 29.5 Å². The van der Waals surface area contributed by atoms with Crippen molar-refractivity contribution in [3.63, 3.8) is 0 Å². The number of ether oxygens (including phenoxy) is 1. The van der Waals surface area contributed by atoms with Gasteiger partial charge in [0.15, 0.2) is 12.5 Å². The Labute approximate surface area is 153 Å². The molecule has 3 heteroatoms. The smallest absolute Gasteiger partial charge is 0.174 e. The molecule has 0 unspecified atom stereocenters. The summed E-state index contributed by atoms with van der Waals surface area (Å²) in [6, 6.07) is 17.9. The van der Waals surface area contributed by atoms with Gasteiger partial charge >= 0.3 is 0 Å². The fourth-order valence-electron chi connectivity index (χ4n) is 3.53. The van der Waals surface area contributed by atoms with Crippen LogP contribution in [0.25, 0.3) is 11.3 Å². The molecule has 4 rings (SSSR count). The Bertz CT molecular complexity index is 899. The molecule has 0 bridgehead atoms. The number of carbonyl (C=O) groups excluding carboxylic acids is 1. The number of piperidine rings is 1. The minimum atomic E-state index is 0.705. The zero-order chi connectivity index (χ0) is 17.8. The highest BCUT2D eigenvalue weighted by Gasteiger charge is 2.22. The van der Waals surface area contributed by atoms with Gasteiger partial charge < -0.3 is 4.74 Å². The van der Waals surface area contributed by atoms with E-state index < -0.39 is 0 Å². The maximum atomic E-state index is 11.9. The zero-order valence-corrected chi connectivity index (χ0v) is 14.7. The van der Waals surface area contributed by atoms with Crippen LogP contribution in [0.4, 0.5) is 0 Å². The van der Waals surface area contributed by atoms with Gasteiger partial charge in [0.05, 0.1) is 5.57 Å². The lowest BCUT2D eigenvalue weighted by atomic mass is 9.95. The molecule has 2 heterocycles. The Morgan fingerprint density at radius 2 is 1.65 bits per heavy atom. The number of fused-ring (bicyclic) bond motifs is 1. The van der Waals surface area contributed by atoms with E-state index in [1.54, 1.807) is 0 Å². The van der Waals surface area contributed by atoms with Crippen molar-refractivity contribution < 1.29 is 14.1 Å². The Morgan fingerprint density at radius 3 is 2.42 bits per heavy atom. The topological polar surface area (TPSA) is 29.3 Å². The number of rotatable bonds is 3. The summed E-state index contributed by atoms with van der Waals surface area (Å²) >= 11 is 0. The second-order valence-electron chi connectivity index (χ2n) is 6.69. The standard InChI is InChI=1S/C23H22NO2/c25-17-19(16-24-13-7-2-8-14-24)21-15-23(18-9-3-1-4-10-18)26-22-12-6-5-11-20(21)22/h1,3-6,9-12,15-17H,2,7-8,13-14H2/q+1/b21-19+. The third-order valence-electron chi connectivity index (χ3n) is 4.88. The van der Waals surface area contributed by atoms with E-state index in [1.807, 2.05) is 66.9 Å². The van der Waals surface area contributed by atoms with Crippen LogP contribution < -0.4 is 4.74 Å². The second kappa shape index (κ2) is 7.52. The number of carbonyl (C=O) groups is 1.